The minimum absolute atomic E-state index is 0.0231. The molecule has 0 radical (unpaired) electrons. The molecule has 2 aliphatic rings. The molecule has 6 nitrogen and oxygen atoms in total. The number of aromatic nitrogens is 1. The first kappa shape index (κ1) is 17.6. The van der Waals surface area contributed by atoms with Crippen LogP contribution in [0.2, 0.25) is 0 Å². The number of hydrogen-bond acceptors (Lipinski definition) is 4. The number of likely N-dealkylation sites (tertiary alicyclic amines) is 1. The highest BCUT2D eigenvalue weighted by molar-refractivity contribution is 5.87. The molecule has 0 saturated carbocycles. The second-order valence-corrected chi connectivity index (χ2v) is 6.65. The SMILES string of the molecule is C=CC(=O)N1CCC(C(=O)N[C@@H]2CCO[C@@H](c3ccccn3)C2)CC1. The molecule has 1 N–H and O–H groups in total. The van der Waals surface area contributed by atoms with Gasteiger partial charge in [-0.2, -0.15) is 0 Å². The summed E-state index contributed by atoms with van der Waals surface area (Å²) in [6, 6.07) is 5.91. The molecule has 0 aliphatic carbocycles. The number of piperidine rings is 1. The molecule has 2 amide bonds. The van der Waals surface area contributed by atoms with Crippen molar-refractivity contribution in [3.63, 3.8) is 0 Å². The summed E-state index contributed by atoms with van der Waals surface area (Å²) in [5.74, 6) is 0.0175. The fourth-order valence-corrected chi connectivity index (χ4v) is 3.51. The number of pyridine rings is 1. The van der Waals surface area contributed by atoms with Crippen molar-refractivity contribution in [3.05, 3.63) is 42.7 Å². The molecule has 0 aromatic carbocycles. The second kappa shape index (κ2) is 8.25. The Bertz CT molecular complexity index is 612. The zero-order valence-corrected chi connectivity index (χ0v) is 14.4. The summed E-state index contributed by atoms with van der Waals surface area (Å²) >= 11 is 0. The predicted molar refractivity (Wildman–Crippen MR) is 93.6 cm³/mol. The van der Waals surface area contributed by atoms with Gasteiger partial charge in [0.1, 0.15) is 6.10 Å². The maximum Gasteiger partial charge on any atom is 0.245 e. The van der Waals surface area contributed by atoms with Gasteiger partial charge in [0.25, 0.3) is 0 Å². The standard InChI is InChI=1S/C19H25N3O3/c1-2-18(23)22-10-6-14(7-11-22)19(24)21-15-8-12-25-17(13-15)16-5-3-4-9-20-16/h2-5,9,14-15,17H,1,6-8,10-13H2,(H,21,24)/t15-,17-/m1/s1. The van der Waals surface area contributed by atoms with Gasteiger partial charge in [-0.15, -0.1) is 0 Å². The number of carbonyl (C=O) groups is 2. The highest BCUT2D eigenvalue weighted by Gasteiger charge is 2.30. The maximum atomic E-state index is 12.6. The van der Waals surface area contributed by atoms with E-state index >= 15 is 0 Å². The van der Waals surface area contributed by atoms with Crippen molar-refractivity contribution in [2.75, 3.05) is 19.7 Å². The molecule has 1 aromatic heterocycles. The highest BCUT2D eigenvalue weighted by Crippen LogP contribution is 2.27. The monoisotopic (exact) mass is 343 g/mol. The molecule has 2 atom stereocenters. The lowest BCUT2D eigenvalue weighted by atomic mass is 9.94. The molecular weight excluding hydrogens is 318 g/mol. The van der Waals surface area contributed by atoms with Crippen molar-refractivity contribution in [1.82, 2.24) is 15.2 Å². The van der Waals surface area contributed by atoms with Crippen LogP contribution in [0.25, 0.3) is 0 Å². The third-order valence-electron chi connectivity index (χ3n) is 5.00. The van der Waals surface area contributed by atoms with Crippen LogP contribution in [0.3, 0.4) is 0 Å². The summed E-state index contributed by atoms with van der Waals surface area (Å²) in [5.41, 5.74) is 0.915. The number of carbonyl (C=O) groups excluding carboxylic acids is 2. The maximum absolute atomic E-state index is 12.6. The number of rotatable bonds is 4. The lowest BCUT2D eigenvalue weighted by Gasteiger charge is -2.33. The van der Waals surface area contributed by atoms with Crippen molar-refractivity contribution in [1.29, 1.82) is 0 Å². The van der Waals surface area contributed by atoms with Crippen LogP contribution in [0.15, 0.2) is 37.1 Å². The highest BCUT2D eigenvalue weighted by atomic mass is 16.5. The molecule has 1 aromatic rings. The molecule has 2 aliphatic heterocycles. The number of nitrogens with one attached hydrogen (secondary N) is 1. The molecule has 2 fully saturated rings. The summed E-state index contributed by atoms with van der Waals surface area (Å²) in [5, 5.41) is 3.18. The molecule has 0 spiro atoms. The van der Waals surface area contributed by atoms with Gasteiger partial charge in [0.2, 0.25) is 11.8 Å². The van der Waals surface area contributed by atoms with E-state index in [-0.39, 0.29) is 29.9 Å². The minimum Gasteiger partial charge on any atom is -0.372 e. The van der Waals surface area contributed by atoms with Crippen LogP contribution in [-0.4, -0.2) is 47.4 Å². The fraction of sp³-hybridized carbons (Fsp3) is 0.526. The number of ether oxygens (including phenoxy) is 1. The van der Waals surface area contributed by atoms with E-state index in [1.54, 1.807) is 11.1 Å². The number of hydrogen-bond donors (Lipinski definition) is 1. The predicted octanol–water partition coefficient (Wildman–Crippen LogP) is 1.84. The Morgan fingerprint density at radius 2 is 2.08 bits per heavy atom. The van der Waals surface area contributed by atoms with Gasteiger partial charge < -0.3 is 15.0 Å². The van der Waals surface area contributed by atoms with Gasteiger partial charge >= 0.3 is 0 Å². The van der Waals surface area contributed by atoms with Crippen LogP contribution in [0.4, 0.5) is 0 Å². The average Bonchev–Trinajstić information content (AvgIpc) is 2.68. The van der Waals surface area contributed by atoms with Crippen LogP contribution < -0.4 is 5.32 Å². The van der Waals surface area contributed by atoms with E-state index in [0.717, 1.165) is 18.5 Å². The molecule has 3 heterocycles. The van der Waals surface area contributed by atoms with Crippen molar-refractivity contribution < 1.29 is 14.3 Å². The van der Waals surface area contributed by atoms with E-state index in [4.69, 9.17) is 4.74 Å². The second-order valence-electron chi connectivity index (χ2n) is 6.65. The van der Waals surface area contributed by atoms with Gasteiger partial charge in [-0.3, -0.25) is 14.6 Å². The Hall–Kier alpha value is -2.21. The van der Waals surface area contributed by atoms with E-state index in [2.05, 4.69) is 16.9 Å². The Balaban J connectivity index is 1.50. The molecule has 6 heteroatoms. The zero-order valence-electron chi connectivity index (χ0n) is 14.4. The van der Waals surface area contributed by atoms with Crippen LogP contribution in [0, 0.1) is 5.92 Å². The third kappa shape index (κ3) is 4.45. The van der Waals surface area contributed by atoms with Gasteiger partial charge in [-0.05, 0) is 43.9 Å². The largest absolute Gasteiger partial charge is 0.372 e. The van der Waals surface area contributed by atoms with Crippen molar-refractivity contribution in [2.24, 2.45) is 5.92 Å². The van der Waals surface area contributed by atoms with Gasteiger partial charge in [-0.25, -0.2) is 0 Å². The lowest BCUT2D eigenvalue weighted by Crippen LogP contribution is -2.46. The first-order chi connectivity index (χ1) is 12.2. The Morgan fingerprint density at radius 3 is 2.76 bits per heavy atom. The van der Waals surface area contributed by atoms with E-state index in [1.165, 1.54) is 6.08 Å². The average molecular weight is 343 g/mol. The molecule has 2 saturated heterocycles. The molecule has 25 heavy (non-hydrogen) atoms. The quantitative estimate of drug-likeness (QED) is 0.847. The van der Waals surface area contributed by atoms with Crippen molar-refractivity contribution >= 4 is 11.8 Å². The van der Waals surface area contributed by atoms with Crippen molar-refractivity contribution in [3.8, 4) is 0 Å². The van der Waals surface area contributed by atoms with Crippen LogP contribution in [0.5, 0.6) is 0 Å². The summed E-state index contributed by atoms with van der Waals surface area (Å²) < 4.78 is 5.81. The third-order valence-corrected chi connectivity index (χ3v) is 5.00. The van der Waals surface area contributed by atoms with E-state index in [9.17, 15) is 9.59 Å². The van der Waals surface area contributed by atoms with Crippen molar-refractivity contribution in [2.45, 2.75) is 37.8 Å². The fourth-order valence-electron chi connectivity index (χ4n) is 3.51. The molecule has 134 valence electrons. The summed E-state index contributed by atoms with van der Waals surface area (Å²) in [4.78, 5) is 30.3. The molecular formula is C19H25N3O3. The smallest absolute Gasteiger partial charge is 0.245 e. The minimum atomic E-state index is -0.0627. The van der Waals surface area contributed by atoms with Gasteiger partial charge in [-0.1, -0.05) is 12.6 Å². The summed E-state index contributed by atoms with van der Waals surface area (Å²) in [6.45, 7) is 5.37. The normalized spacial score (nSPS) is 24.6. The Kier molecular flexibility index (Phi) is 5.81. The van der Waals surface area contributed by atoms with E-state index in [1.807, 2.05) is 18.2 Å². The van der Waals surface area contributed by atoms with Gasteiger partial charge in [0, 0.05) is 37.9 Å². The Labute approximate surface area is 148 Å². The first-order valence-electron chi connectivity index (χ1n) is 8.91. The van der Waals surface area contributed by atoms with Crippen LogP contribution >= 0.6 is 0 Å². The lowest BCUT2D eigenvalue weighted by molar-refractivity contribution is -0.133. The first-order valence-corrected chi connectivity index (χ1v) is 8.91. The topological polar surface area (TPSA) is 71.5 Å². The molecule has 0 unspecified atom stereocenters. The zero-order chi connectivity index (χ0) is 17.6. The summed E-state index contributed by atoms with van der Waals surface area (Å²) in [7, 11) is 0. The van der Waals surface area contributed by atoms with Crippen LogP contribution in [0.1, 0.15) is 37.5 Å². The Morgan fingerprint density at radius 1 is 1.28 bits per heavy atom. The van der Waals surface area contributed by atoms with E-state index in [0.29, 0.717) is 32.5 Å². The van der Waals surface area contributed by atoms with E-state index < -0.39 is 0 Å². The van der Waals surface area contributed by atoms with Gasteiger partial charge in [0.05, 0.1) is 5.69 Å². The number of nitrogens with zero attached hydrogens (tertiary/aromatic N) is 2. The number of amides is 2. The van der Waals surface area contributed by atoms with Gasteiger partial charge in [0.15, 0.2) is 0 Å². The molecule has 3 rings (SSSR count). The van der Waals surface area contributed by atoms with Crippen LogP contribution in [-0.2, 0) is 14.3 Å². The summed E-state index contributed by atoms with van der Waals surface area (Å²) in [6.07, 6.45) is 6.02. The molecule has 0 bridgehead atoms.